The zero-order chi connectivity index (χ0) is 20.5. The average molecular weight is 417 g/mol. The van der Waals surface area contributed by atoms with Crippen molar-refractivity contribution in [1.29, 1.82) is 0 Å². The highest BCUT2D eigenvalue weighted by Crippen LogP contribution is 2.35. The lowest BCUT2D eigenvalue weighted by Gasteiger charge is -2.32. The van der Waals surface area contributed by atoms with Gasteiger partial charge in [-0.15, -0.1) is 11.3 Å². The topological polar surface area (TPSA) is 92.7 Å². The van der Waals surface area contributed by atoms with Crippen LogP contribution in [0.3, 0.4) is 0 Å². The largest absolute Gasteiger partial charge is 0.455 e. The number of anilines is 1. The lowest BCUT2D eigenvalue weighted by molar-refractivity contribution is -0.158. The molecule has 0 bridgehead atoms. The Labute approximate surface area is 172 Å². The number of likely N-dealkylation sites (tertiary alicyclic amines) is 1. The monoisotopic (exact) mass is 416 g/mol. The maximum atomic E-state index is 12.4. The number of thiophene rings is 1. The lowest BCUT2D eigenvalue weighted by atomic mass is 9.97. The van der Waals surface area contributed by atoms with Gasteiger partial charge in [0.05, 0.1) is 11.3 Å². The van der Waals surface area contributed by atoms with Gasteiger partial charge in [-0.05, 0) is 38.7 Å². The summed E-state index contributed by atoms with van der Waals surface area (Å²) in [7, 11) is 0. The number of hydrogen-bond donors (Lipinski definition) is 0. The number of carbonyl (C=O) groups is 3. The molecule has 2 saturated heterocycles. The van der Waals surface area contributed by atoms with E-state index in [9.17, 15) is 14.4 Å². The Bertz CT molecular complexity index is 965. The molecule has 8 nitrogen and oxygen atoms in total. The molecule has 0 unspecified atom stereocenters. The van der Waals surface area contributed by atoms with E-state index < -0.39 is 5.91 Å². The summed E-state index contributed by atoms with van der Waals surface area (Å²) in [6, 6.07) is 0. The lowest BCUT2D eigenvalue weighted by Crippen LogP contribution is -2.39. The second-order valence-corrected chi connectivity index (χ2v) is 8.78. The molecule has 2 aliphatic heterocycles. The van der Waals surface area contributed by atoms with E-state index in [0.717, 1.165) is 16.0 Å². The maximum absolute atomic E-state index is 12.4. The quantitative estimate of drug-likeness (QED) is 0.706. The van der Waals surface area contributed by atoms with Crippen molar-refractivity contribution in [2.75, 3.05) is 31.1 Å². The van der Waals surface area contributed by atoms with Crippen LogP contribution in [-0.4, -0.2) is 58.9 Å². The van der Waals surface area contributed by atoms with Crippen LogP contribution in [0.25, 0.3) is 10.2 Å². The highest BCUT2D eigenvalue weighted by Gasteiger charge is 2.31. The van der Waals surface area contributed by atoms with E-state index in [0.29, 0.717) is 45.3 Å². The molecule has 0 saturated carbocycles. The fourth-order valence-electron chi connectivity index (χ4n) is 3.97. The molecule has 154 valence electrons. The van der Waals surface area contributed by atoms with Gasteiger partial charge >= 0.3 is 5.97 Å². The first-order valence-corrected chi connectivity index (χ1v) is 10.7. The molecule has 2 fully saturated rings. The summed E-state index contributed by atoms with van der Waals surface area (Å²) in [5.74, 6) is -0.290. The van der Waals surface area contributed by atoms with Gasteiger partial charge in [-0.1, -0.05) is 0 Å². The van der Waals surface area contributed by atoms with E-state index in [1.165, 1.54) is 15.3 Å². The SMILES string of the molecule is Cc1sc2ncnc(N3CCC(C(=O)OCC(=O)N4CCCC4=O)CC3)c2c1C. The van der Waals surface area contributed by atoms with E-state index in [1.807, 2.05) is 0 Å². The number of aryl methyl sites for hydroxylation is 2. The number of esters is 1. The van der Waals surface area contributed by atoms with Gasteiger partial charge < -0.3 is 9.64 Å². The third kappa shape index (κ3) is 3.83. The summed E-state index contributed by atoms with van der Waals surface area (Å²) in [5.41, 5.74) is 1.21. The predicted molar refractivity (Wildman–Crippen MR) is 109 cm³/mol. The van der Waals surface area contributed by atoms with Crippen LogP contribution in [0.15, 0.2) is 6.33 Å². The van der Waals surface area contributed by atoms with E-state index in [-0.39, 0.29) is 24.4 Å². The first kappa shape index (κ1) is 19.8. The highest BCUT2D eigenvalue weighted by atomic mass is 32.1. The van der Waals surface area contributed by atoms with Crippen molar-refractivity contribution in [2.45, 2.75) is 39.5 Å². The van der Waals surface area contributed by atoms with Crippen molar-refractivity contribution in [2.24, 2.45) is 5.92 Å². The zero-order valence-corrected chi connectivity index (χ0v) is 17.5. The van der Waals surface area contributed by atoms with Crippen molar-refractivity contribution < 1.29 is 19.1 Å². The Hall–Kier alpha value is -2.55. The second kappa shape index (κ2) is 8.06. The average Bonchev–Trinajstić information content (AvgIpc) is 3.29. The van der Waals surface area contributed by atoms with Crippen LogP contribution < -0.4 is 4.90 Å². The summed E-state index contributed by atoms with van der Waals surface area (Å²) in [6.07, 6.45) is 3.94. The second-order valence-electron chi connectivity index (χ2n) is 7.57. The Morgan fingerprint density at radius 1 is 1.21 bits per heavy atom. The minimum absolute atomic E-state index is 0.186. The predicted octanol–water partition coefficient (Wildman–Crippen LogP) is 2.22. The molecular weight excluding hydrogens is 392 g/mol. The van der Waals surface area contributed by atoms with Crippen molar-refractivity contribution in [1.82, 2.24) is 14.9 Å². The molecule has 0 radical (unpaired) electrons. The molecule has 0 atom stereocenters. The van der Waals surface area contributed by atoms with Crippen LogP contribution in [0, 0.1) is 19.8 Å². The molecular formula is C20H24N4O4S. The number of piperidine rings is 1. The van der Waals surface area contributed by atoms with Gasteiger partial charge in [0.1, 0.15) is 17.0 Å². The molecule has 9 heteroatoms. The van der Waals surface area contributed by atoms with Gasteiger partial charge in [-0.2, -0.15) is 0 Å². The molecule has 29 heavy (non-hydrogen) atoms. The number of nitrogens with zero attached hydrogens (tertiary/aromatic N) is 4. The van der Waals surface area contributed by atoms with E-state index in [2.05, 4.69) is 28.7 Å². The molecule has 2 amide bonds. The van der Waals surface area contributed by atoms with Crippen molar-refractivity contribution in [3.63, 3.8) is 0 Å². The number of carbonyl (C=O) groups excluding carboxylic acids is 3. The van der Waals surface area contributed by atoms with Crippen LogP contribution in [-0.2, 0) is 19.1 Å². The van der Waals surface area contributed by atoms with Gasteiger partial charge in [0, 0.05) is 30.9 Å². The van der Waals surface area contributed by atoms with Crippen LogP contribution >= 0.6 is 11.3 Å². The Kier molecular flexibility index (Phi) is 5.49. The number of aromatic nitrogens is 2. The third-order valence-corrected chi connectivity index (χ3v) is 6.90. The number of amides is 2. The first-order valence-electron chi connectivity index (χ1n) is 9.91. The Balaban J connectivity index is 1.34. The van der Waals surface area contributed by atoms with E-state index in [1.54, 1.807) is 17.7 Å². The molecule has 0 N–H and O–H groups in total. The third-order valence-electron chi connectivity index (χ3n) is 5.79. The van der Waals surface area contributed by atoms with Crippen LogP contribution in [0.5, 0.6) is 0 Å². The molecule has 2 aromatic rings. The van der Waals surface area contributed by atoms with Crippen LogP contribution in [0.4, 0.5) is 5.82 Å². The number of imide groups is 1. The van der Waals surface area contributed by atoms with E-state index in [4.69, 9.17) is 4.74 Å². The summed E-state index contributed by atoms with van der Waals surface area (Å²) in [4.78, 5) is 50.5. The Morgan fingerprint density at radius 3 is 2.66 bits per heavy atom. The zero-order valence-electron chi connectivity index (χ0n) is 16.6. The van der Waals surface area contributed by atoms with Gasteiger partial charge in [-0.3, -0.25) is 19.3 Å². The standard InChI is InChI=1S/C20H24N4O4S/c1-12-13(2)29-19-17(12)18(21-11-22-19)23-8-5-14(6-9-23)20(27)28-10-16(26)24-7-3-4-15(24)25/h11,14H,3-10H2,1-2H3. The summed E-state index contributed by atoms with van der Waals surface area (Å²) >= 11 is 1.67. The van der Waals surface area contributed by atoms with Gasteiger partial charge in [-0.25, -0.2) is 9.97 Å². The van der Waals surface area contributed by atoms with Gasteiger partial charge in [0.15, 0.2) is 6.61 Å². The fourth-order valence-corrected chi connectivity index (χ4v) is 4.96. The van der Waals surface area contributed by atoms with Crippen molar-refractivity contribution in [3.05, 3.63) is 16.8 Å². The number of ether oxygens (including phenoxy) is 1. The molecule has 0 aliphatic carbocycles. The molecule has 2 aliphatic rings. The molecule has 0 aromatic carbocycles. The normalized spacial score (nSPS) is 17.9. The first-order chi connectivity index (χ1) is 14.0. The highest BCUT2D eigenvalue weighted by molar-refractivity contribution is 7.18. The van der Waals surface area contributed by atoms with Gasteiger partial charge in [0.25, 0.3) is 5.91 Å². The van der Waals surface area contributed by atoms with Crippen molar-refractivity contribution in [3.8, 4) is 0 Å². The maximum Gasteiger partial charge on any atom is 0.309 e. The number of rotatable bonds is 4. The Morgan fingerprint density at radius 2 is 1.97 bits per heavy atom. The molecule has 0 spiro atoms. The van der Waals surface area contributed by atoms with Crippen LogP contribution in [0.1, 0.15) is 36.1 Å². The van der Waals surface area contributed by atoms with Gasteiger partial charge in [0.2, 0.25) is 5.91 Å². The molecule has 2 aromatic heterocycles. The minimum atomic E-state index is -0.426. The number of hydrogen-bond acceptors (Lipinski definition) is 8. The summed E-state index contributed by atoms with van der Waals surface area (Å²) in [5, 5.41) is 1.09. The van der Waals surface area contributed by atoms with E-state index >= 15 is 0 Å². The van der Waals surface area contributed by atoms with Crippen molar-refractivity contribution >= 4 is 45.2 Å². The molecule has 4 rings (SSSR count). The fraction of sp³-hybridized carbons (Fsp3) is 0.550. The van der Waals surface area contributed by atoms with Crippen LogP contribution in [0.2, 0.25) is 0 Å². The number of fused-ring (bicyclic) bond motifs is 1. The minimum Gasteiger partial charge on any atom is -0.455 e. The summed E-state index contributed by atoms with van der Waals surface area (Å²) < 4.78 is 5.21. The summed E-state index contributed by atoms with van der Waals surface area (Å²) in [6.45, 7) is 5.63. The smallest absolute Gasteiger partial charge is 0.309 e. The molecule has 4 heterocycles.